The van der Waals surface area contributed by atoms with E-state index in [9.17, 15) is 13.9 Å². The third kappa shape index (κ3) is 4.26. The maximum absolute atomic E-state index is 14.6. The van der Waals surface area contributed by atoms with Crippen LogP contribution in [-0.2, 0) is 12.1 Å². The van der Waals surface area contributed by atoms with Crippen LogP contribution in [0.2, 0.25) is 0 Å². The van der Waals surface area contributed by atoms with Crippen molar-refractivity contribution in [2.45, 2.75) is 41.5 Å². The molecular formula is C18H20F2N6OS2. The van der Waals surface area contributed by atoms with Crippen LogP contribution < -0.4 is 4.90 Å². The molecule has 0 radical (unpaired) electrons. The van der Waals surface area contributed by atoms with Gasteiger partial charge in [0.05, 0.1) is 6.54 Å². The minimum absolute atomic E-state index is 0.00122. The van der Waals surface area contributed by atoms with Crippen LogP contribution in [0.3, 0.4) is 0 Å². The van der Waals surface area contributed by atoms with E-state index >= 15 is 0 Å². The number of hydrogen-bond donors (Lipinski definition) is 1. The smallest absolute Gasteiger partial charge is 0.238 e. The number of halogens is 2. The van der Waals surface area contributed by atoms with Gasteiger partial charge in [-0.15, -0.1) is 0 Å². The molecule has 0 saturated carbocycles. The van der Waals surface area contributed by atoms with Gasteiger partial charge in [0, 0.05) is 30.0 Å². The molecule has 154 valence electrons. The zero-order chi connectivity index (χ0) is 20.4. The van der Waals surface area contributed by atoms with Crippen molar-refractivity contribution < 1.29 is 13.9 Å². The van der Waals surface area contributed by atoms with Crippen molar-refractivity contribution >= 4 is 29.2 Å². The second-order valence-corrected chi connectivity index (χ2v) is 9.30. The summed E-state index contributed by atoms with van der Waals surface area (Å²) in [5.41, 5.74) is -1.67. The summed E-state index contributed by atoms with van der Waals surface area (Å²) in [7, 11) is 0. The average molecular weight is 439 g/mol. The number of benzene rings is 1. The van der Waals surface area contributed by atoms with Crippen LogP contribution in [0.4, 0.5) is 14.7 Å². The first kappa shape index (κ1) is 20.2. The Labute approximate surface area is 175 Å². The fourth-order valence-corrected chi connectivity index (χ4v) is 5.37. The Balaban J connectivity index is 1.61. The van der Waals surface area contributed by atoms with Crippen LogP contribution in [0.25, 0.3) is 0 Å². The van der Waals surface area contributed by atoms with Gasteiger partial charge in [-0.25, -0.2) is 18.4 Å². The van der Waals surface area contributed by atoms with E-state index in [4.69, 9.17) is 0 Å². The summed E-state index contributed by atoms with van der Waals surface area (Å²) in [4.78, 5) is 10.6. The number of nitrogens with zero attached hydrogens (tertiary/aromatic N) is 6. The van der Waals surface area contributed by atoms with Crippen LogP contribution >= 0.6 is 23.3 Å². The van der Waals surface area contributed by atoms with E-state index in [0.29, 0.717) is 10.3 Å². The van der Waals surface area contributed by atoms with Crippen molar-refractivity contribution in [1.82, 2.24) is 24.1 Å². The number of thioether (sulfide) groups is 1. The number of rotatable bonds is 7. The van der Waals surface area contributed by atoms with Gasteiger partial charge in [0.2, 0.25) is 5.95 Å². The number of aliphatic hydroxyl groups is 1. The molecule has 0 bridgehead atoms. The van der Waals surface area contributed by atoms with E-state index in [1.165, 1.54) is 46.7 Å². The molecule has 2 atom stereocenters. The van der Waals surface area contributed by atoms with E-state index in [-0.39, 0.29) is 12.1 Å². The van der Waals surface area contributed by atoms with Gasteiger partial charge in [-0.2, -0.15) is 14.5 Å². The fourth-order valence-electron chi connectivity index (χ4n) is 3.38. The van der Waals surface area contributed by atoms with Gasteiger partial charge in [-0.1, -0.05) is 17.8 Å². The maximum atomic E-state index is 14.6. The highest BCUT2D eigenvalue weighted by Gasteiger charge is 2.40. The lowest BCUT2D eigenvalue weighted by Crippen LogP contribution is -2.41. The minimum Gasteiger partial charge on any atom is -0.382 e. The highest BCUT2D eigenvalue weighted by molar-refractivity contribution is 8.01. The lowest BCUT2D eigenvalue weighted by atomic mass is 9.90. The molecular weight excluding hydrogens is 418 g/mol. The van der Waals surface area contributed by atoms with E-state index in [2.05, 4.69) is 24.3 Å². The summed E-state index contributed by atoms with van der Waals surface area (Å²) in [5.74, 6) is -0.820. The van der Waals surface area contributed by atoms with Crippen molar-refractivity contribution in [1.29, 1.82) is 0 Å². The summed E-state index contributed by atoms with van der Waals surface area (Å²) in [6, 6.07) is 3.18. The third-order valence-corrected chi connectivity index (χ3v) is 7.05. The molecule has 0 spiro atoms. The number of hydrogen-bond acceptors (Lipinski definition) is 8. The third-order valence-electron chi connectivity index (χ3n) is 5.00. The van der Waals surface area contributed by atoms with E-state index in [1.54, 1.807) is 6.92 Å². The minimum atomic E-state index is -1.67. The molecule has 7 nitrogen and oxygen atoms in total. The van der Waals surface area contributed by atoms with Crippen LogP contribution in [0.5, 0.6) is 0 Å². The zero-order valence-electron chi connectivity index (χ0n) is 15.7. The molecule has 1 saturated heterocycles. The molecule has 11 heteroatoms. The topological polar surface area (TPSA) is 80.0 Å². The molecule has 2 unspecified atom stereocenters. The van der Waals surface area contributed by atoms with E-state index in [1.807, 2.05) is 0 Å². The first-order valence-electron chi connectivity index (χ1n) is 9.21. The van der Waals surface area contributed by atoms with Crippen molar-refractivity contribution in [2.75, 3.05) is 18.0 Å². The average Bonchev–Trinajstić information content (AvgIpc) is 3.44. The second-order valence-electron chi connectivity index (χ2n) is 6.96. The molecule has 2 aromatic heterocycles. The molecule has 0 aliphatic carbocycles. The Morgan fingerprint density at radius 2 is 2.10 bits per heavy atom. The van der Waals surface area contributed by atoms with Gasteiger partial charge < -0.3 is 10.0 Å². The predicted molar refractivity (Wildman–Crippen MR) is 107 cm³/mol. The number of anilines is 1. The normalized spacial score (nSPS) is 17.4. The van der Waals surface area contributed by atoms with Crippen LogP contribution in [-0.4, -0.2) is 47.6 Å². The molecule has 1 aromatic carbocycles. The highest BCUT2D eigenvalue weighted by atomic mass is 32.2. The van der Waals surface area contributed by atoms with Gasteiger partial charge in [0.15, 0.2) is 4.34 Å². The molecule has 1 N–H and O–H groups in total. The zero-order valence-corrected chi connectivity index (χ0v) is 17.3. The first-order chi connectivity index (χ1) is 14.0. The van der Waals surface area contributed by atoms with Crippen molar-refractivity contribution in [3.8, 4) is 0 Å². The van der Waals surface area contributed by atoms with Gasteiger partial charge >= 0.3 is 0 Å². The molecule has 3 heterocycles. The van der Waals surface area contributed by atoms with Gasteiger partial charge in [-0.05, 0) is 37.4 Å². The molecule has 1 aliphatic heterocycles. The first-order valence-corrected chi connectivity index (χ1v) is 10.9. The molecule has 1 fully saturated rings. The molecule has 1 aliphatic rings. The van der Waals surface area contributed by atoms with E-state index < -0.39 is 22.5 Å². The maximum Gasteiger partial charge on any atom is 0.238 e. The largest absolute Gasteiger partial charge is 0.382 e. The Hall–Kier alpha value is -2.11. The molecule has 0 amide bonds. The predicted octanol–water partition coefficient (Wildman–Crippen LogP) is 3.08. The fraction of sp³-hybridized carbons (Fsp3) is 0.444. The SMILES string of the molecule is CC(Sc1nc(N2CCCC2)ns1)C(O)(Cn1cncn1)c1ccc(F)cc1F. The molecule has 29 heavy (non-hydrogen) atoms. The van der Waals surface area contributed by atoms with E-state index in [0.717, 1.165) is 38.1 Å². The number of aromatic nitrogens is 5. The molecule has 3 aromatic rings. The lowest BCUT2D eigenvalue weighted by Gasteiger charge is -2.33. The van der Waals surface area contributed by atoms with Gasteiger partial charge in [0.1, 0.15) is 29.9 Å². The van der Waals surface area contributed by atoms with Crippen molar-refractivity contribution in [2.24, 2.45) is 0 Å². The summed E-state index contributed by atoms with van der Waals surface area (Å²) < 4.78 is 34.6. The second kappa shape index (κ2) is 8.33. The summed E-state index contributed by atoms with van der Waals surface area (Å²) in [5, 5.41) is 15.1. The Morgan fingerprint density at radius 3 is 2.79 bits per heavy atom. The van der Waals surface area contributed by atoms with Gasteiger partial charge in [-0.3, -0.25) is 0 Å². The van der Waals surface area contributed by atoms with Crippen molar-refractivity contribution in [3.05, 3.63) is 48.1 Å². The highest BCUT2D eigenvalue weighted by Crippen LogP contribution is 2.40. The Morgan fingerprint density at radius 1 is 1.31 bits per heavy atom. The monoisotopic (exact) mass is 438 g/mol. The summed E-state index contributed by atoms with van der Waals surface area (Å²) in [6.07, 6.45) is 5.03. The summed E-state index contributed by atoms with van der Waals surface area (Å²) >= 11 is 2.56. The lowest BCUT2D eigenvalue weighted by molar-refractivity contribution is 0.0133. The standard InChI is InChI=1S/C18H20F2N6OS2/c1-12(28-17-23-16(24-29-17)25-6-2-3-7-25)18(27,9-26-11-21-10-22-26)14-5-4-13(19)8-15(14)20/h4-5,8,10-12,27H,2-3,6-7,9H2,1H3. The quantitative estimate of drug-likeness (QED) is 0.568. The van der Waals surface area contributed by atoms with Crippen LogP contribution in [0.1, 0.15) is 25.3 Å². The Bertz CT molecular complexity index is 963. The van der Waals surface area contributed by atoms with Crippen LogP contribution in [0, 0.1) is 11.6 Å². The Kier molecular flexibility index (Phi) is 5.79. The van der Waals surface area contributed by atoms with Crippen LogP contribution in [0.15, 0.2) is 35.2 Å². The summed E-state index contributed by atoms with van der Waals surface area (Å²) in [6.45, 7) is 3.61. The van der Waals surface area contributed by atoms with Crippen molar-refractivity contribution in [3.63, 3.8) is 0 Å². The molecule has 4 rings (SSSR count). The van der Waals surface area contributed by atoms with Gasteiger partial charge in [0.25, 0.3) is 0 Å².